The van der Waals surface area contributed by atoms with E-state index in [4.69, 9.17) is 4.74 Å². The minimum Gasteiger partial charge on any atom is -0.385 e. The Morgan fingerprint density at radius 2 is 2.21 bits per heavy atom. The summed E-state index contributed by atoms with van der Waals surface area (Å²) < 4.78 is 5.61. The number of nitrogens with zero attached hydrogens (tertiary/aromatic N) is 1. The lowest BCUT2D eigenvalue weighted by molar-refractivity contribution is 0.0626. The van der Waals surface area contributed by atoms with E-state index in [0.29, 0.717) is 6.10 Å². The first-order valence-corrected chi connectivity index (χ1v) is 7.31. The highest BCUT2D eigenvalue weighted by Gasteiger charge is 2.13. The van der Waals surface area contributed by atoms with Gasteiger partial charge in [-0.1, -0.05) is 12.1 Å². The lowest BCUT2D eigenvalue weighted by atomic mass is 9.97. The molecule has 1 N–H and O–H groups in total. The molecule has 1 aliphatic heterocycles. The van der Waals surface area contributed by atoms with Crippen molar-refractivity contribution < 1.29 is 4.74 Å². The third kappa shape index (κ3) is 4.22. The van der Waals surface area contributed by atoms with Crippen molar-refractivity contribution in [2.45, 2.75) is 39.3 Å². The molecule has 3 nitrogen and oxygen atoms in total. The Hall–Kier alpha value is -1.06. The zero-order valence-corrected chi connectivity index (χ0v) is 12.4. The van der Waals surface area contributed by atoms with Gasteiger partial charge in [-0.05, 0) is 50.9 Å². The predicted octanol–water partition coefficient (Wildman–Crippen LogP) is 2.90. The van der Waals surface area contributed by atoms with Gasteiger partial charge in [-0.15, -0.1) is 0 Å². The molecule has 0 aromatic heterocycles. The van der Waals surface area contributed by atoms with Crippen molar-refractivity contribution in [3.63, 3.8) is 0 Å². The van der Waals surface area contributed by atoms with E-state index in [2.05, 4.69) is 49.3 Å². The van der Waals surface area contributed by atoms with Gasteiger partial charge < -0.3 is 10.1 Å². The van der Waals surface area contributed by atoms with Gasteiger partial charge in [0.15, 0.2) is 0 Å². The molecule has 2 rings (SSSR count). The molecule has 0 unspecified atom stereocenters. The molecule has 1 heterocycles. The summed E-state index contributed by atoms with van der Waals surface area (Å²) in [5.74, 6) is 0. The quantitative estimate of drug-likeness (QED) is 0.853. The molecule has 3 heteroatoms. The van der Waals surface area contributed by atoms with Crippen LogP contribution in [0.4, 0.5) is 5.69 Å². The van der Waals surface area contributed by atoms with Crippen LogP contribution in [0.5, 0.6) is 0 Å². The van der Waals surface area contributed by atoms with Crippen LogP contribution in [0.25, 0.3) is 0 Å². The summed E-state index contributed by atoms with van der Waals surface area (Å²) in [5.41, 5.74) is 4.29. The largest absolute Gasteiger partial charge is 0.385 e. The molecular weight excluding hydrogens is 236 g/mol. The fourth-order valence-corrected chi connectivity index (χ4v) is 2.55. The first-order valence-electron chi connectivity index (χ1n) is 7.31. The number of fused-ring (bicyclic) bond motifs is 1. The Labute approximate surface area is 116 Å². The second kappa shape index (κ2) is 6.92. The molecule has 0 fully saturated rings. The summed E-state index contributed by atoms with van der Waals surface area (Å²) in [6.45, 7) is 8.07. The standard InChI is InChI=1S/C16H26N2O/c1-13(2)19-11-10-18(3)12-14-6-4-8-16-15(14)7-5-9-17-16/h4,6,8,13,17H,5,7,9-12H2,1-3H3. The van der Waals surface area contributed by atoms with E-state index < -0.39 is 0 Å². The molecule has 1 aromatic rings. The molecule has 0 spiro atoms. The second-order valence-corrected chi connectivity index (χ2v) is 5.63. The maximum absolute atomic E-state index is 5.61. The van der Waals surface area contributed by atoms with Gasteiger partial charge in [-0.2, -0.15) is 0 Å². The molecule has 0 radical (unpaired) electrons. The van der Waals surface area contributed by atoms with Gasteiger partial charge in [-0.3, -0.25) is 4.90 Å². The van der Waals surface area contributed by atoms with Crippen LogP contribution in [0, 0.1) is 0 Å². The van der Waals surface area contributed by atoms with Crippen molar-refractivity contribution in [2.75, 3.05) is 32.1 Å². The maximum atomic E-state index is 5.61. The second-order valence-electron chi connectivity index (χ2n) is 5.63. The van der Waals surface area contributed by atoms with Gasteiger partial charge in [0, 0.05) is 25.3 Å². The van der Waals surface area contributed by atoms with Gasteiger partial charge >= 0.3 is 0 Å². The van der Waals surface area contributed by atoms with Gasteiger partial charge in [0.05, 0.1) is 12.7 Å². The normalized spacial score (nSPS) is 14.6. The summed E-state index contributed by atoms with van der Waals surface area (Å²) in [6, 6.07) is 6.61. The topological polar surface area (TPSA) is 24.5 Å². The van der Waals surface area contributed by atoms with Crippen LogP contribution in [0.15, 0.2) is 18.2 Å². The zero-order valence-electron chi connectivity index (χ0n) is 12.4. The molecular formula is C16H26N2O. The van der Waals surface area contributed by atoms with E-state index in [9.17, 15) is 0 Å². The Morgan fingerprint density at radius 3 is 3.00 bits per heavy atom. The predicted molar refractivity (Wildman–Crippen MR) is 80.7 cm³/mol. The number of ether oxygens (including phenoxy) is 1. The van der Waals surface area contributed by atoms with E-state index in [1.165, 1.54) is 29.7 Å². The minimum absolute atomic E-state index is 0.321. The number of hydrogen-bond donors (Lipinski definition) is 1. The summed E-state index contributed by atoms with van der Waals surface area (Å²) in [4.78, 5) is 2.34. The Kier molecular flexibility index (Phi) is 5.23. The fraction of sp³-hybridized carbons (Fsp3) is 0.625. The molecule has 0 atom stereocenters. The van der Waals surface area contributed by atoms with Crippen LogP contribution in [0.2, 0.25) is 0 Å². The molecule has 106 valence electrons. The molecule has 0 amide bonds. The van der Waals surface area contributed by atoms with Crippen LogP contribution in [-0.4, -0.2) is 37.7 Å². The van der Waals surface area contributed by atoms with Crippen LogP contribution in [0.1, 0.15) is 31.4 Å². The molecule has 0 aliphatic carbocycles. The van der Waals surface area contributed by atoms with Crippen molar-refractivity contribution in [1.29, 1.82) is 0 Å². The average Bonchev–Trinajstić information content (AvgIpc) is 2.39. The monoisotopic (exact) mass is 262 g/mol. The number of anilines is 1. The Balaban J connectivity index is 1.91. The maximum Gasteiger partial charge on any atom is 0.0596 e. The first-order chi connectivity index (χ1) is 9.16. The molecule has 0 saturated carbocycles. The average molecular weight is 262 g/mol. The van der Waals surface area contributed by atoms with E-state index in [1.807, 2.05) is 0 Å². The van der Waals surface area contributed by atoms with Gasteiger partial charge in [0.25, 0.3) is 0 Å². The van der Waals surface area contributed by atoms with Crippen molar-refractivity contribution in [1.82, 2.24) is 4.90 Å². The Morgan fingerprint density at radius 1 is 1.37 bits per heavy atom. The highest BCUT2D eigenvalue weighted by atomic mass is 16.5. The van der Waals surface area contributed by atoms with E-state index in [1.54, 1.807) is 0 Å². The van der Waals surface area contributed by atoms with Gasteiger partial charge in [0.1, 0.15) is 0 Å². The number of hydrogen-bond acceptors (Lipinski definition) is 3. The highest BCUT2D eigenvalue weighted by Crippen LogP contribution is 2.25. The Bertz CT molecular complexity index is 404. The zero-order chi connectivity index (χ0) is 13.7. The van der Waals surface area contributed by atoms with Crippen LogP contribution in [0.3, 0.4) is 0 Å². The number of likely N-dealkylation sites (N-methyl/N-ethyl adjacent to an activating group) is 1. The highest BCUT2D eigenvalue weighted by molar-refractivity contribution is 5.56. The van der Waals surface area contributed by atoms with Crippen molar-refractivity contribution >= 4 is 5.69 Å². The van der Waals surface area contributed by atoms with Crippen LogP contribution >= 0.6 is 0 Å². The molecule has 0 saturated heterocycles. The summed E-state index contributed by atoms with van der Waals surface area (Å²) in [6.07, 6.45) is 2.76. The van der Waals surface area contributed by atoms with Crippen molar-refractivity contribution in [2.24, 2.45) is 0 Å². The van der Waals surface area contributed by atoms with E-state index in [-0.39, 0.29) is 0 Å². The lowest BCUT2D eigenvalue weighted by Crippen LogP contribution is -2.25. The van der Waals surface area contributed by atoms with Gasteiger partial charge in [-0.25, -0.2) is 0 Å². The minimum atomic E-state index is 0.321. The molecule has 1 aromatic carbocycles. The number of benzene rings is 1. The third-order valence-electron chi connectivity index (χ3n) is 3.56. The van der Waals surface area contributed by atoms with Crippen molar-refractivity contribution in [3.05, 3.63) is 29.3 Å². The summed E-state index contributed by atoms with van der Waals surface area (Å²) in [5, 5.41) is 3.49. The van der Waals surface area contributed by atoms with Crippen LogP contribution in [-0.2, 0) is 17.7 Å². The van der Waals surface area contributed by atoms with Crippen LogP contribution < -0.4 is 5.32 Å². The molecule has 19 heavy (non-hydrogen) atoms. The summed E-state index contributed by atoms with van der Waals surface area (Å²) in [7, 11) is 2.17. The lowest BCUT2D eigenvalue weighted by Gasteiger charge is -2.24. The SMILES string of the molecule is CC(C)OCCN(C)Cc1cccc2c1CCCN2. The third-order valence-corrected chi connectivity index (χ3v) is 3.56. The van der Waals surface area contributed by atoms with E-state index in [0.717, 1.165) is 26.2 Å². The summed E-state index contributed by atoms with van der Waals surface area (Å²) >= 11 is 0. The number of rotatable bonds is 6. The van der Waals surface area contributed by atoms with Crippen molar-refractivity contribution in [3.8, 4) is 0 Å². The van der Waals surface area contributed by atoms with Gasteiger partial charge in [0.2, 0.25) is 0 Å². The number of nitrogens with one attached hydrogen (secondary N) is 1. The molecule has 1 aliphatic rings. The van der Waals surface area contributed by atoms with E-state index >= 15 is 0 Å². The smallest absolute Gasteiger partial charge is 0.0596 e. The first kappa shape index (κ1) is 14.4. The molecule has 0 bridgehead atoms. The fourth-order valence-electron chi connectivity index (χ4n) is 2.55.